The van der Waals surface area contributed by atoms with Crippen LogP contribution in [-0.4, -0.2) is 35.7 Å². The lowest BCUT2D eigenvalue weighted by atomic mass is 10.2. The number of thioether (sulfide) groups is 1. The summed E-state index contributed by atoms with van der Waals surface area (Å²) < 4.78 is 0. The van der Waals surface area contributed by atoms with Gasteiger partial charge in [-0.05, 0) is 30.2 Å². The zero-order valence-electron chi connectivity index (χ0n) is 13.8. The SMILES string of the molecule is O=C(CSc1cc(Cl)ccc1Cl)NC1CCN(Cc2ccccc2)C1. The van der Waals surface area contributed by atoms with Crippen LogP contribution in [0.3, 0.4) is 0 Å². The van der Waals surface area contributed by atoms with Crippen LogP contribution in [0.4, 0.5) is 0 Å². The molecule has 25 heavy (non-hydrogen) atoms. The van der Waals surface area contributed by atoms with Crippen LogP contribution in [0.2, 0.25) is 10.0 Å². The van der Waals surface area contributed by atoms with Gasteiger partial charge in [0.1, 0.15) is 0 Å². The van der Waals surface area contributed by atoms with Gasteiger partial charge in [0.15, 0.2) is 0 Å². The number of carbonyl (C=O) groups excluding carboxylic acids is 1. The van der Waals surface area contributed by atoms with E-state index in [0.29, 0.717) is 15.8 Å². The van der Waals surface area contributed by atoms with Gasteiger partial charge in [0.25, 0.3) is 0 Å². The van der Waals surface area contributed by atoms with Gasteiger partial charge in [-0.2, -0.15) is 0 Å². The van der Waals surface area contributed by atoms with Crippen molar-refractivity contribution < 1.29 is 4.79 Å². The molecule has 0 aliphatic carbocycles. The van der Waals surface area contributed by atoms with Crippen molar-refractivity contribution in [3.8, 4) is 0 Å². The second kappa shape index (κ2) is 8.95. The highest BCUT2D eigenvalue weighted by atomic mass is 35.5. The van der Waals surface area contributed by atoms with Gasteiger partial charge in [0.2, 0.25) is 5.91 Å². The highest BCUT2D eigenvalue weighted by Crippen LogP contribution is 2.29. The molecule has 0 saturated carbocycles. The van der Waals surface area contributed by atoms with E-state index in [1.807, 2.05) is 6.07 Å². The minimum absolute atomic E-state index is 0.0348. The Hall–Kier alpha value is -1.20. The summed E-state index contributed by atoms with van der Waals surface area (Å²) in [4.78, 5) is 15.4. The molecule has 1 aliphatic heterocycles. The average Bonchev–Trinajstić information content (AvgIpc) is 3.03. The van der Waals surface area contributed by atoms with Gasteiger partial charge < -0.3 is 5.32 Å². The molecule has 0 aromatic heterocycles. The first-order chi connectivity index (χ1) is 12.1. The van der Waals surface area contributed by atoms with Crippen LogP contribution in [0.25, 0.3) is 0 Å². The van der Waals surface area contributed by atoms with Crippen molar-refractivity contribution in [2.75, 3.05) is 18.8 Å². The lowest BCUT2D eigenvalue weighted by molar-refractivity contribution is -0.119. The van der Waals surface area contributed by atoms with Gasteiger partial charge >= 0.3 is 0 Å². The Morgan fingerprint density at radius 1 is 1.20 bits per heavy atom. The van der Waals surface area contributed by atoms with Crippen molar-refractivity contribution in [1.82, 2.24) is 10.2 Å². The van der Waals surface area contributed by atoms with Crippen LogP contribution in [0.1, 0.15) is 12.0 Å². The molecule has 0 spiro atoms. The molecule has 2 aromatic carbocycles. The largest absolute Gasteiger partial charge is 0.351 e. The summed E-state index contributed by atoms with van der Waals surface area (Å²) in [5, 5.41) is 4.37. The number of nitrogens with one attached hydrogen (secondary N) is 1. The third kappa shape index (κ3) is 5.65. The molecule has 1 N–H and O–H groups in total. The summed E-state index contributed by atoms with van der Waals surface area (Å²) in [6.07, 6.45) is 0.987. The van der Waals surface area contributed by atoms with E-state index < -0.39 is 0 Å². The lowest BCUT2D eigenvalue weighted by Crippen LogP contribution is -2.37. The maximum Gasteiger partial charge on any atom is 0.230 e. The van der Waals surface area contributed by atoms with Crippen molar-refractivity contribution in [3.05, 3.63) is 64.1 Å². The fourth-order valence-corrected chi connectivity index (χ4v) is 4.24. The van der Waals surface area contributed by atoms with E-state index in [9.17, 15) is 4.79 Å². The maximum absolute atomic E-state index is 12.2. The first kappa shape index (κ1) is 18.6. The normalized spacial score (nSPS) is 17.6. The third-order valence-corrected chi connectivity index (χ3v) is 5.87. The molecule has 132 valence electrons. The highest BCUT2D eigenvalue weighted by Gasteiger charge is 2.23. The molecular weight excluding hydrogens is 375 g/mol. The zero-order chi connectivity index (χ0) is 17.6. The summed E-state index contributed by atoms with van der Waals surface area (Å²) in [5.74, 6) is 0.377. The topological polar surface area (TPSA) is 32.3 Å². The number of likely N-dealkylation sites (tertiary alicyclic amines) is 1. The van der Waals surface area contributed by atoms with Gasteiger partial charge in [0.05, 0.1) is 10.8 Å². The quantitative estimate of drug-likeness (QED) is 0.733. The van der Waals surface area contributed by atoms with Crippen LogP contribution in [0.15, 0.2) is 53.4 Å². The van der Waals surface area contributed by atoms with E-state index in [-0.39, 0.29) is 11.9 Å². The Kier molecular flexibility index (Phi) is 6.65. The third-order valence-electron chi connectivity index (χ3n) is 4.14. The fourth-order valence-electron chi connectivity index (χ4n) is 2.94. The van der Waals surface area contributed by atoms with E-state index in [1.165, 1.54) is 17.3 Å². The summed E-state index contributed by atoms with van der Waals surface area (Å²) in [6, 6.07) is 15.9. The van der Waals surface area contributed by atoms with Crippen LogP contribution < -0.4 is 5.32 Å². The van der Waals surface area contributed by atoms with E-state index in [2.05, 4.69) is 34.5 Å². The van der Waals surface area contributed by atoms with E-state index in [4.69, 9.17) is 23.2 Å². The Bertz CT molecular complexity index is 727. The highest BCUT2D eigenvalue weighted by molar-refractivity contribution is 8.00. The Labute approximate surface area is 162 Å². The second-order valence-corrected chi connectivity index (χ2v) is 8.00. The molecular formula is C19H20Cl2N2OS. The van der Waals surface area contributed by atoms with Crippen LogP contribution in [0.5, 0.6) is 0 Å². The van der Waals surface area contributed by atoms with Crippen LogP contribution in [-0.2, 0) is 11.3 Å². The number of rotatable bonds is 6. The van der Waals surface area contributed by atoms with Crippen molar-refractivity contribution in [2.24, 2.45) is 0 Å². The molecule has 3 nitrogen and oxygen atoms in total. The van der Waals surface area contributed by atoms with Crippen LogP contribution in [0, 0.1) is 0 Å². The minimum atomic E-state index is 0.0348. The number of amides is 1. The second-order valence-electron chi connectivity index (χ2n) is 6.14. The molecule has 1 atom stereocenters. The summed E-state index contributed by atoms with van der Waals surface area (Å²) in [5.41, 5.74) is 1.31. The number of benzene rings is 2. The molecule has 1 amide bonds. The summed E-state index contributed by atoms with van der Waals surface area (Å²) in [6.45, 7) is 2.83. The Morgan fingerprint density at radius 2 is 2.00 bits per heavy atom. The molecule has 2 aromatic rings. The van der Waals surface area contributed by atoms with Crippen molar-refractivity contribution >= 4 is 40.9 Å². The number of hydrogen-bond donors (Lipinski definition) is 1. The monoisotopic (exact) mass is 394 g/mol. The predicted octanol–water partition coefficient (Wildman–Crippen LogP) is 4.48. The number of carbonyl (C=O) groups is 1. The first-order valence-electron chi connectivity index (χ1n) is 8.23. The smallest absolute Gasteiger partial charge is 0.230 e. The summed E-state index contributed by atoms with van der Waals surface area (Å²) >= 11 is 13.5. The van der Waals surface area contributed by atoms with Gasteiger partial charge in [-0.25, -0.2) is 0 Å². The predicted molar refractivity (Wildman–Crippen MR) is 105 cm³/mol. The summed E-state index contributed by atoms with van der Waals surface area (Å²) in [7, 11) is 0. The fraction of sp³-hybridized carbons (Fsp3) is 0.316. The van der Waals surface area contributed by atoms with E-state index in [0.717, 1.165) is 31.0 Å². The maximum atomic E-state index is 12.2. The lowest BCUT2D eigenvalue weighted by Gasteiger charge is -2.17. The van der Waals surface area contributed by atoms with Crippen molar-refractivity contribution in [1.29, 1.82) is 0 Å². The van der Waals surface area contributed by atoms with Gasteiger partial charge in [-0.3, -0.25) is 9.69 Å². The molecule has 6 heteroatoms. The van der Waals surface area contributed by atoms with Crippen molar-refractivity contribution in [2.45, 2.75) is 23.9 Å². The van der Waals surface area contributed by atoms with E-state index in [1.54, 1.807) is 18.2 Å². The molecule has 3 rings (SSSR count). The molecule has 0 radical (unpaired) electrons. The molecule has 1 saturated heterocycles. The van der Waals surface area contributed by atoms with E-state index >= 15 is 0 Å². The van der Waals surface area contributed by atoms with Crippen LogP contribution >= 0.6 is 35.0 Å². The Morgan fingerprint density at radius 3 is 2.80 bits per heavy atom. The number of hydrogen-bond acceptors (Lipinski definition) is 3. The zero-order valence-corrected chi connectivity index (χ0v) is 16.1. The molecule has 1 fully saturated rings. The van der Waals surface area contributed by atoms with Gasteiger partial charge in [-0.15, -0.1) is 11.8 Å². The molecule has 1 heterocycles. The number of nitrogens with zero attached hydrogens (tertiary/aromatic N) is 1. The Balaban J connectivity index is 1.43. The standard InChI is InChI=1S/C19H20Cl2N2OS/c20-15-6-7-17(21)18(10-15)25-13-19(24)22-16-8-9-23(12-16)11-14-4-2-1-3-5-14/h1-7,10,16H,8-9,11-13H2,(H,22,24). The molecule has 0 bridgehead atoms. The van der Waals surface area contributed by atoms with Gasteiger partial charge in [-0.1, -0.05) is 53.5 Å². The first-order valence-corrected chi connectivity index (χ1v) is 9.98. The number of halogens is 2. The van der Waals surface area contributed by atoms with Gasteiger partial charge in [0, 0.05) is 35.6 Å². The average molecular weight is 395 g/mol. The molecule has 1 unspecified atom stereocenters. The minimum Gasteiger partial charge on any atom is -0.351 e. The van der Waals surface area contributed by atoms with Crippen molar-refractivity contribution in [3.63, 3.8) is 0 Å². The molecule has 1 aliphatic rings.